The number of amides is 2. The molecule has 1 fully saturated rings. The van der Waals surface area contributed by atoms with Crippen molar-refractivity contribution in [1.82, 2.24) is 10.9 Å². The van der Waals surface area contributed by atoms with Crippen molar-refractivity contribution < 1.29 is 19.1 Å². The molecule has 0 saturated heterocycles. The molecule has 0 aliphatic heterocycles. The van der Waals surface area contributed by atoms with E-state index in [0.717, 1.165) is 11.1 Å². The monoisotopic (exact) mass is 366 g/mol. The van der Waals surface area contributed by atoms with Gasteiger partial charge in [0.1, 0.15) is 0 Å². The zero-order chi connectivity index (χ0) is 19.3. The van der Waals surface area contributed by atoms with Gasteiger partial charge in [-0.25, -0.2) is 0 Å². The Morgan fingerprint density at radius 1 is 0.926 bits per heavy atom. The third-order valence-electron chi connectivity index (χ3n) is 4.96. The van der Waals surface area contributed by atoms with Gasteiger partial charge in [-0.05, 0) is 17.5 Å². The van der Waals surface area contributed by atoms with Gasteiger partial charge in [0.15, 0.2) is 0 Å². The number of methoxy groups -OCH3 is 1. The molecular weight excluding hydrogens is 344 g/mol. The first-order valence-electron chi connectivity index (χ1n) is 8.84. The second kappa shape index (κ2) is 8.03. The molecule has 0 heterocycles. The van der Waals surface area contributed by atoms with Gasteiger partial charge in [0, 0.05) is 11.8 Å². The van der Waals surface area contributed by atoms with Gasteiger partial charge in [-0.2, -0.15) is 0 Å². The lowest BCUT2D eigenvalue weighted by atomic mass is 9.85. The lowest BCUT2D eigenvalue weighted by Gasteiger charge is -2.19. The predicted octanol–water partition coefficient (Wildman–Crippen LogP) is 2.09. The zero-order valence-corrected chi connectivity index (χ0v) is 15.1. The van der Waals surface area contributed by atoms with Crippen LogP contribution in [0.25, 0.3) is 0 Å². The molecule has 0 unspecified atom stereocenters. The van der Waals surface area contributed by atoms with Crippen molar-refractivity contribution in [1.29, 1.82) is 0 Å². The van der Waals surface area contributed by atoms with Crippen LogP contribution in [0.15, 0.2) is 60.7 Å². The molecule has 0 radical (unpaired) electrons. The summed E-state index contributed by atoms with van der Waals surface area (Å²) >= 11 is 0. The second-order valence-corrected chi connectivity index (χ2v) is 6.57. The van der Waals surface area contributed by atoms with Crippen LogP contribution in [0.4, 0.5) is 0 Å². The fourth-order valence-corrected chi connectivity index (χ4v) is 3.45. The van der Waals surface area contributed by atoms with Crippen LogP contribution in [-0.4, -0.2) is 24.9 Å². The fourth-order valence-electron chi connectivity index (χ4n) is 3.45. The lowest BCUT2D eigenvalue weighted by molar-refractivity contribution is -0.142. The van der Waals surface area contributed by atoms with Crippen molar-refractivity contribution in [2.75, 3.05) is 7.11 Å². The summed E-state index contributed by atoms with van der Waals surface area (Å²) in [6.07, 6.45) is 0.602. The van der Waals surface area contributed by atoms with Crippen molar-refractivity contribution in [3.8, 4) is 0 Å². The van der Waals surface area contributed by atoms with Crippen LogP contribution in [-0.2, 0) is 24.5 Å². The summed E-state index contributed by atoms with van der Waals surface area (Å²) in [7, 11) is 1.27. The summed E-state index contributed by atoms with van der Waals surface area (Å²) in [5, 5.41) is 0. The van der Waals surface area contributed by atoms with Crippen LogP contribution in [0.3, 0.4) is 0 Å². The minimum absolute atomic E-state index is 0.0282. The number of hydrogen-bond donors (Lipinski definition) is 2. The van der Waals surface area contributed by atoms with Crippen molar-refractivity contribution in [2.45, 2.75) is 24.7 Å². The highest BCUT2D eigenvalue weighted by molar-refractivity contribution is 5.88. The van der Waals surface area contributed by atoms with E-state index in [1.807, 2.05) is 60.7 Å². The van der Waals surface area contributed by atoms with Crippen molar-refractivity contribution in [3.63, 3.8) is 0 Å². The molecule has 6 nitrogen and oxygen atoms in total. The maximum Gasteiger partial charge on any atom is 0.306 e. The average Bonchev–Trinajstić information content (AvgIpc) is 3.48. The first-order valence-corrected chi connectivity index (χ1v) is 8.84. The van der Waals surface area contributed by atoms with E-state index in [4.69, 9.17) is 0 Å². The number of hydrogen-bond acceptors (Lipinski definition) is 4. The van der Waals surface area contributed by atoms with Gasteiger partial charge in [-0.15, -0.1) is 0 Å². The number of hydrazine groups is 1. The SMILES string of the molecule is COC(=O)CCC(=O)NNC(=O)[C@H]1CC1(c1ccccc1)c1ccccc1. The Morgan fingerprint density at radius 3 is 2.00 bits per heavy atom. The Bertz CT molecular complexity index is 781. The van der Waals surface area contributed by atoms with E-state index in [2.05, 4.69) is 15.6 Å². The molecule has 1 aliphatic carbocycles. The molecule has 2 amide bonds. The highest BCUT2D eigenvalue weighted by atomic mass is 16.5. The molecule has 1 aliphatic rings. The topological polar surface area (TPSA) is 84.5 Å². The Labute approximate surface area is 157 Å². The van der Waals surface area contributed by atoms with Crippen molar-refractivity contribution >= 4 is 17.8 Å². The molecule has 0 spiro atoms. The second-order valence-electron chi connectivity index (χ2n) is 6.57. The molecular formula is C21H22N2O4. The van der Waals surface area contributed by atoms with Gasteiger partial charge in [0.25, 0.3) is 0 Å². The maximum absolute atomic E-state index is 12.6. The minimum Gasteiger partial charge on any atom is -0.469 e. The van der Waals surface area contributed by atoms with Crippen molar-refractivity contribution in [2.24, 2.45) is 5.92 Å². The highest BCUT2D eigenvalue weighted by Gasteiger charge is 2.60. The molecule has 1 atom stereocenters. The lowest BCUT2D eigenvalue weighted by Crippen LogP contribution is -2.43. The smallest absolute Gasteiger partial charge is 0.306 e. The predicted molar refractivity (Wildman–Crippen MR) is 99.3 cm³/mol. The normalized spacial score (nSPS) is 16.9. The van der Waals surface area contributed by atoms with E-state index in [9.17, 15) is 14.4 Å². The molecule has 0 bridgehead atoms. The van der Waals surface area contributed by atoms with E-state index in [-0.39, 0.29) is 30.1 Å². The fraction of sp³-hybridized carbons (Fsp3) is 0.286. The Balaban J connectivity index is 1.67. The molecule has 3 rings (SSSR count). The molecule has 6 heteroatoms. The zero-order valence-electron chi connectivity index (χ0n) is 15.1. The van der Waals surface area contributed by atoms with Crippen molar-refractivity contribution in [3.05, 3.63) is 71.8 Å². The number of rotatable bonds is 6. The van der Waals surface area contributed by atoms with Gasteiger partial charge in [-0.3, -0.25) is 25.2 Å². The van der Waals surface area contributed by atoms with E-state index in [1.165, 1.54) is 7.11 Å². The summed E-state index contributed by atoms with van der Waals surface area (Å²) in [5.41, 5.74) is 6.64. The van der Waals surface area contributed by atoms with E-state index >= 15 is 0 Å². The first-order chi connectivity index (χ1) is 13.1. The molecule has 140 valence electrons. The van der Waals surface area contributed by atoms with Crippen LogP contribution in [0.5, 0.6) is 0 Å². The van der Waals surface area contributed by atoms with Crippen LogP contribution in [0, 0.1) is 5.92 Å². The third kappa shape index (κ3) is 4.00. The molecule has 0 aromatic heterocycles. The average molecular weight is 366 g/mol. The Kier molecular flexibility index (Phi) is 5.54. The van der Waals surface area contributed by atoms with Gasteiger partial charge >= 0.3 is 5.97 Å². The number of carbonyl (C=O) groups is 3. The molecule has 2 N–H and O–H groups in total. The van der Waals surface area contributed by atoms with Crippen LogP contribution in [0.1, 0.15) is 30.4 Å². The number of ether oxygens (including phenoxy) is 1. The highest BCUT2D eigenvalue weighted by Crippen LogP contribution is 2.58. The number of benzene rings is 2. The van der Waals surface area contributed by atoms with Crippen LogP contribution < -0.4 is 10.9 Å². The number of esters is 1. The van der Waals surface area contributed by atoms with E-state index in [1.54, 1.807) is 0 Å². The van der Waals surface area contributed by atoms with Gasteiger partial charge in [0.05, 0.1) is 19.4 Å². The molecule has 2 aromatic carbocycles. The first kappa shape index (κ1) is 18.6. The van der Waals surface area contributed by atoms with Crippen LogP contribution in [0.2, 0.25) is 0 Å². The van der Waals surface area contributed by atoms with Gasteiger partial charge in [-0.1, -0.05) is 60.7 Å². The summed E-state index contributed by atoms with van der Waals surface area (Å²) in [4.78, 5) is 35.5. The van der Waals surface area contributed by atoms with Gasteiger partial charge in [0.2, 0.25) is 11.8 Å². The molecule has 27 heavy (non-hydrogen) atoms. The quantitative estimate of drug-likeness (QED) is 0.606. The summed E-state index contributed by atoms with van der Waals surface area (Å²) in [5.74, 6) is -1.41. The summed E-state index contributed by atoms with van der Waals surface area (Å²) < 4.78 is 4.49. The minimum atomic E-state index is -0.467. The number of carbonyl (C=O) groups excluding carboxylic acids is 3. The van der Waals surface area contributed by atoms with Gasteiger partial charge < -0.3 is 4.74 Å². The summed E-state index contributed by atoms with van der Waals surface area (Å²) in [6.45, 7) is 0. The maximum atomic E-state index is 12.6. The Morgan fingerprint density at radius 2 is 1.48 bits per heavy atom. The standard InChI is InChI=1S/C21H22N2O4/c1-27-19(25)13-12-18(24)22-23-20(26)17-14-21(17,15-8-4-2-5-9-15)16-10-6-3-7-11-16/h2-11,17H,12-14H2,1H3,(H,22,24)(H,23,26)/t17-/m1/s1. The van der Waals surface area contributed by atoms with Crippen LogP contribution >= 0.6 is 0 Å². The van der Waals surface area contributed by atoms with E-state index in [0.29, 0.717) is 6.42 Å². The molecule has 2 aromatic rings. The Hall–Kier alpha value is -3.15. The third-order valence-corrected chi connectivity index (χ3v) is 4.96. The number of nitrogens with one attached hydrogen (secondary N) is 2. The largest absolute Gasteiger partial charge is 0.469 e. The summed E-state index contributed by atoms with van der Waals surface area (Å²) in [6, 6.07) is 19.8. The van der Waals surface area contributed by atoms with E-state index < -0.39 is 11.9 Å². The molecule has 1 saturated carbocycles.